The van der Waals surface area contributed by atoms with Crippen molar-refractivity contribution in [2.24, 2.45) is 7.05 Å². The van der Waals surface area contributed by atoms with E-state index in [0.717, 1.165) is 11.4 Å². The molecule has 0 radical (unpaired) electrons. The van der Waals surface area contributed by atoms with Crippen molar-refractivity contribution in [2.45, 2.75) is 45.6 Å². The molecule has 0 fully saturated rings. The molecule has 1 amide bonds. The van der Waals surface area contributed by atoms with Crippen LogP contribution in [0.15, 0.2) is 30.1 Å². The molecule has 0 bridgehead atoms. The SMILES string of the molecule is Cn1nc(C(C)(C)C)cc1C(=O)NC1=CCN(C(C)(C)C#N)C=C1. The number of hydrogen-bond acceptors (Lipinski definition) is 4. The van der Waals surface area contributed by atoms with Gasteiger partial charge in [-0.2, -0.15) is 10.4 Å². The van der Waals surface area contributed by atoms with Crippen molar-refractivity contribution in [1.82, 2.24) is 20.0 Å². The minimum Gasteiger partial charge on any atom is -0.356 e. The molecule has 1 aromatic rings. The lowest BCUT2D eigenvalue weighted by atomic mass is 9.92. The van der Waals surface area contributed by atoms with Crippen LogP contribution in [-0.2, 0) is 12.5 Å². The summed E-state index contributed by atoms with van der Waals surface area (Å²) in [5.41, 5.74) is 1.44. The Kier molecular flexibility index (Phi) is 4.57. The van der Waals surface area contributed by atoms with Gasteiger partial charge in [-0.25, -0.2) is 0 Å². The first-order chi connectivity index (χ1) is 11.0. The van der Waals surface area contributed by atoms with Crippen molar-refractivity contribution < 1.29 is 4.79 Å². The van der Waals surface area contributed by atoms with Crippen molar-refractivity contribution in [3.63, 3.8) is 0 Å². The van der Waals surface area contributed by atoms with Gasteiger partial charge >= 0.3 is 0 Å². The minimum atomic E-state index is -0.577. The van der Waals surface area contributed by atoms with Gasteiger partial charge in [-0.15, -0.1) is 0 Å². The number of nitrogens with one attached hydrogen (secondary N) is 1. The maximum Gasteiger partial charge on any atom is 0.273 e. The fourth-order valence-corrected chi connectivity index (χ4v) is 2.31. The first-order valence-electron chi connectivity index (χ1n) is 7.97. The number of nitrogens with zero attached hydrogens (tertiary/aromatic N) is 4. The third-order valence-corrected chi connectivity index (χ3v) is 4.07. The largest absolute Gasteiger partial charge is 0.356 e. The lowest BCUT2D eigenvalue weighted by molar-refractivity contribution is 0.0957. The van der Waals surface area contributed by atoms with Crippen LogP contribution in [0.3, 0.4) is 0 Å². The molecule has 24 heavy (non-hydrogen) atoms. The van der Waals surface area contributed by atoms with Gasteiger partial charge in [-0.1, -0.05) is 20.8 Å². The normalized spacial score (nSPS) is 15.0. The van der Waals surface area contributed by atoms with Gasteiger partial charge in [-0.3, -0.25) is 9.48 Å². The van der Waals surface area contributed by atoms with E-state index >= 15 is 0 Å². The van der Waals surface area contributed by atoms with Crippen molar-refractivity contribution in [3.8, 4) is 6.07 Å². The van der Waals surface area contributed by atoms with E-state index in [0.29, 0.717) is 12.2 Å². The van der Waals surface area contributed by atoms with Crippen LogP contribution < -0.4 is 5.32 Å². The van der Waals surface area contributed by atoms with Crippen LogP contribution in [0.25, 0.3) is 0 Å². The van der Waals surface area contributed by atoms with E-state index in [1.165, 1.54) is 0 Å². The summed E-state index contributed by atoms with van der Waals surface area (Å²) in [5.74, 6) is -0.190. The van der Waals surface area contributed by atoms with Gasteiger partial charge in [0.1, 0.15) is 11.2 Å². The molecule has 0 aromatic carbocycles. The van der Waals surface area contributed by atoms with Crippen LogP contribution in [0.5, 0.6) is 0 Å². The van der Waals surface area contributed by atoms with Gasteiger partial charge in [0.05, 0.1) is 11.8 Å². The maximum absolute atomic E-state index is 12.5. The average molecular weight is 327 g/mol. The van der Waals surface area contributed by atoms with E-state index in [4.69, 9.17) is 0 Å². The topological polar surface area (TPSA) is 74.0 Å². The second-order valence-electron chi connectivity index (χ2n) is 7.54. The second kappa shape index (κ2) is 6.16. The molecule has 2 rings (SSSR count). The second-order valence-corrected chi connectivity index (χ2v) is 7.54. The molecule has 2 heterocycles. The zero-order valence-electron chi connectivity index (χ0n) is 15.2. The number of carbonyl (C=O) groups excluding carboxylic acids is 1. The number of aromatic nitrogens is 2. The number of aryl methyl sites for hydroxylation is 1. The van der Waals surface area contributed by atoms with Gasteiger partial charge in [-0.05, 0) is 32.1 Å². The molecule has 6 heteroatoms. The van der Waals surface area contributed by atoms with Crippen molar-refractivity contribution in [1.29, 1.82) is 5.26 Å². The Morgan fingerprint density at radius 2 is 2.00 bits per heavy atom. The van der Waals surface area contributed by atoms with Crippen molar-refractivity contribution in [3.05, 3.63) is 41.5 Å². The molecular formula is C18H25N5O. The summed E-state index contributed by atoms with van der Waals surface area (Å²) in [7, 11) is 1.77. The zero-order valence-corrected chi connectivity index (χ0v) is 15.2. The van der Waals surface area contributed by atoms with Crippen LogP contribution >= 0.6 is 0 Å². The quantitative estimate of drug-likeness (QED) is 0.925. The summed E-state index contributed by atoms with van der Waals surface area (Å²) in [6.45, 7) is 10.5. The predicted octanol–water partition coefficient (Wildman–Crippen LogP) is 2.46. The fourth-order valence-electron chi connectivity index (χ4n) is 2.31. The van der Waals surface area contributed by atoms with Crippen LogP contribution in [-0.4, -0.2) is 32.7 Å². The molecule has 1 aromatic heterocycles. The molecule has 0 spiro atoms. The van der Waals surface area contributed by atoms with Crippen LogP contribution in [0.4, 0.5) is 0 Å². The Morgan fingerprint density at radius 1 is 1.33 bits per heavy atom. The number of allylic oxidation sites excluding steroid dienone is 1. The highest BCUT2D eigenvalue weighted by Gasteiger charge is 2.25. The standard InChI is InChI=1S/C18H25N5O/c1-17(2,3)15-11-14(22(6)21-15)16(24)20-13-7-9-23(10-8-13)18(4,5)12-19/h7-9,11H,10H2,1-6H3,(H,20,24). The number of carbonyl (C=O) groups is 1. The summed E-state index contributed by atoms with van der Waals surface area (Å²) >= 11 is 0. The molecule has 6 nitrogen and oxygen atoms in total. The van der Waals surface area contributed by atoms with E-state index in [1.807, 2.05) is 43.2 Å². The number of rotatable bonds is 3. The highest BCUT2D eigenvalue weighted by molar-refractivity contribution is 5.94. The minimum absolute atomic E-state index is 0.107. The van der Waals surface area contributed by atoms with Gasteiger partial charge in [0, 0.05) is 30.9 Å². The summed E-state index contributed by atoms with van der Waals surface area (Å²) in [6, 6.07) is 4.09. The third kappa shape index (κ3) is 3.67. The first-order valence-corrected chi connectivity index (χ1v) is 7.97. The number of amides is 1. The highest BCUT2D eigenvalue weighted by atomic mass is 16.2. The highest BCUT2D eigenvalue weighted by Crippen LogP contribution is 2.22. The molecule has 0 atom stereocenters. The molecule has 0 aliphatic carbocycles. The molecule has 0 saturated carbocycles. The third-order valence-electron chi connectivity index (χ3n) is 4.07. The van der Waals surface area contributed by atoms with Gasteiger partial charge in [0.25, 0.3) is 5.91 Å². The van der Waals surface area contributed by atoms with Gasteiger partial charge in [0.15, 0.2) is 0 Å². The van der Waals surface area contributed by atoms with Crippen molar-refractivity contribution >= 4 is 5.91 Å². The predicted molar refractivity (Wildman–Crippen MR) is 93.0 cm³/mol. The smallest absolute Gasteiger partial charge is 0.273 e. The van der Waals surface area contributed by atoms with Gasteiger partial charge < -0.3 is 10.2 Å². The van der Waals surface area contributed by atoms with E-state index < -0.39 is 5.54 Å². The van der Waals surface area contributed by atoms with E-state index in [9.17, 15) is 10.1 Å². The lowest BCUT2D eigenvalue weighted by Gasteiger charge is -2.33. The Labute approximate surface area is 143 Å². The van der Waals surface area contributed by atoms with E-state index in [1.54, 1.807) is 11.7 Å². The summed E-state index contributed by atoms with van der Waals surface area (Å²) in [5, 5.41) is 16.5. The Morgan fingerprint density at radius 3 is 2.46 bits per heavy atom. The van der Waals surface area contributed by atoms with Gasteiger partial charge in [0.2, 0.25) is 0 Å². The molecule has 128 valence electrons. The van der Waals surface area contributed by atoms with E-state index in [-0.39, 0.29) is 11.3 Å². The Balaban J connectivity index is 2.09. The Bertz CT molecular complexity index is 740. The summed E-state index contributed by atoms with van der Waals surface area (Å²) in [6.07, 6.45) is 5.54. The lowest BCUT2D eigenvalue weighted by Crippen LogP contribution is -2.40. The van der Waals surface area contributed by atoms with Crippen LogP contribution in [0, 0.1) is 11.3 Å². The average Bonchev–Trinajstić information content (AvgIpc) is 2.90. The monoisotopic (exact) mass is 327 g/mol. The van der Waals surface area contributed by atoms with Crippen LogP contribution in [0.2, 0.25) is 0 Å². The summed E-state index contributed by atoms with van der Waals surface area (Å²) < 4.78 is 1.61. The molecular weight excluding hydrogens is 302 g/mol. The molecule has 1 aliphatic heterocycles. The maximum atomic E-state index is 12.5. The zero-order chi connectivity index (χ0) is 18.1. The molecule has 1 N–H and O–H groups in total. The molecule has 0 saturated heterocycles. The van der Waals surface area contributed by atoms with Crippen LogP contribution in [0.1, 0.15) is 50.8 Å². The Hall–Kier alpha value is -2.55. The number of nitriles is 1. The fraction of sp³-hybridized carbons (Fsp3) is 0.500. The van der Waals surface area contributed by atoms with E-state index in [2.05, 4.69) is 37.3 Å². The van der Waals surface area contributed by atoms with Crippen molar-refractivity contribution in [2.75, 3.05) is 6.54 Å². The molecule has 0 unspecified atom stereocenters. The first kappa shape index (κ1) is 17.8. The number of hydrogen-bond donors (Lipinski definition) is 1. The molecule has 1 aliphatic rings. The summed E-state index contributed by atoms with van der Waals surface area (Å²) in [4.78, 5) is 14.4.